The SMILES string of the molecule is COc1ccccc1N1CCN(C(=O)C2CCCN2S(=O)(=O)c2ccc3ccccc3c2)CC1. The number of benzene rings is 3. The fourth-order valence-corrected chi connectivity index (χ4v) is 6.69. The van der Waals surface area contributed by atoms with E-state index in [1.165, 1.54) is 4.31 Å². The Morgan fingerprint density at radius 1 is 0.882 bits per heavy atom. The number of sulfonamides is 1. The topological polar surface area (TPSA) is 70.2 Å². The van der Waals surface area contributed by atoms with E-state index in [1.54, 1.807) is 19.2 Å². The number of hydrogen-bond donors (Lipinski definition) is 0. The summed E-state index contributed by atoms with van der Waals surface area (Å²) in [7, 11) is -2.11. The van der Waals surface area contributed by atoms with Crippen LogP contribution in [0.25, 0.3) is 10.8 Å². The van der Waals surface area contributed by atoms with Crippen LogP contribution < -0.4 is 9.64 Å². The minimum absolute atomic E-state index is 0.0958. The van der Waals surface area contributed by atoms with Gasteiger partial charge in [-0.05, 0) is 47.9 Å². The molecular weight excluding hydrogens is 450 g/mol. The molecule has 0 N–H and O–H groups in total. The maximum Gasteiger partial charge on any atom is 0.243 e. The summed E-state index contributed by atoms with van der Waals surface area (Å²) in [6.07, 6.45) is 1.24. The summed E-state index contributed by atoms with van der Waals surface area (Å²) in [4.78, 5) is 17.7. The number of carbonyl (C=O) groups excluding carboxylic acids is 1. The number of nitrogens with zero attached hydrogens (tertiary/aromatic N) is 3. The Bertz CT molecular complexity index is 1300. The standard InChI is InChI=1S/C26H29N3O4S/c1-33-25-11-5-4-9-23(25)27-15-17-28(18-16-27)26(30)24-10-6-14-29(24)34(31,32)22-13-12-20-7-2-3-8-21(20)19-22/h2-5,7-9,11-13,19,24H,6,10,14-18H2,1H3. The molecule has 2 fully saturated rings. The van der Waals surface area contributed by atoms with E-state index in [1.807, 2.05) is 59.5 Å². The molecule has 3 aromatic carbocycles. The predicted octanol–water partition coefficient (Wildman–Crippen LogP) is 3.35. The Kier molecular flexibility index (Phi) is 6.18. The summed E-state index contributed by atoms with van der Waals surface area (Å²) in [6.45, 7) is 2.83. The van der Waals surface area contributed by atoms with E-state index in [4.69, 9.17) is 4.74 Å². The number of methoxy groups -OCH3 is 1. The first kappa shape index (κ1) is 22.7. The zero-order chi connectivity index (χ0) is 23.7. The minimum Gasteiger partial charge on any atom is -0.495 e. The molecule has 1 amide bonds. The quantitative estimate of drug-likeness (QED) is 0.561. The lowest BCUT2D eigenvalue weighted by atomic mass is 10.1. The van der Waals surface area contributed by atoms with E-state index < -0.39 is 16.1 Å². The molecule has 0 aromatic heterocycles. The van der Waals surface area contributed by atoms with Crippen LogP contribution in [-0.2, 0) is 14.8 Å². The van der Waals surface area contributed by atoms with Crippen molar-refractivity contribution in [1.29, 1.82) is 0 Å². The summed E-state index contributed by atoms with van der Waals surface area (Å²) in [5.41, 5.74) is 1.01. The summed E-state index contributed by atoms with van der Waals surface area (Å²) in [6, 6.07) is 20.1. The van der Waals surface area contributed by atoms with Crippen LogP contribution in [0.3, 0.4) is 0 Å². The van der Waals surface area contributed by atoms with Crippen molar-refractivity contribution < 1.29 is 17.9 Å². The fraction of sp³-hybridized carbons (Fsp3) is 0.346. The van der Waals surface area contributed by atoms with Crippen molar-refractivity contribution in [2.24, 2.45) is 0 Å². The van der Waals surface area contributed by atoms with Gasteiger partial charge in [0, 0.05) is 32.7 Å². The van der Waals surface area contributed by atoms with Crippen LogP contribution in [0.4, 0.5) is 5.69 Å². The molecule has 0 saturated carbocycles. The number of carbonyl (C=O) groups is 1. The molecule has 8 heteroatoms. The van der Waals surface area contributed by atoms with Crippen LogP contribution >= 0.6 is 0 Å². The maximum atomic E-state index is 13.5. The van der Waals surface area contributed by atoms with E-state index in [9.17, 15) is 13.2 Å². The van der Waals surface area contributed by atoms with Crippen LogP contribution in [0.15, 0.2) is 71.6 Å². The molecule has 34 heavy (non-hydrogen) atoms. The Labute approximate surface area is 200 Å². The van der Waals surface area contributed by atoms with Gasteiger partial charge in [0.05, 0.1) is 17.7 Å². The van der Waals surface area contributed by atoms with Gasteiger partial charge in [-0.15, -0.1) is 0 Å². The Morgan fingerprint density at radius 2 is 1.59 bits per heavy atom. The first-order valence-corrected chi connectivity index (χ1v) is 13.1. The van der Waals surface area contributed by atoms with Crippen LogP contribution in [0.5, 0.6) is 5.75 Å². The zero-order valence-corrected chi connectivity index (χ0v) is 20.1. The van der Waals surface area contributed by atoms with Gasteiger partial charge in [-0.1, -0.05) is 42.5 Å². The summed E-state index contributed by atoms with van der Waals surface area (Å²) in [5.74, 6) is 0.715. The molecule has 0 aliphatic carbocycles. The number of piperazine rings is 1. The highest BCUT2D eigenvalue weighted by Crippen LogP contribution is 2.31. The number of amides is 1. The van der Waals surface area contributed by atoms with E-state index >= 15 is 0 Å². The Balaban J connectivity index is 1.31. The fourth-order valence-electron chi connectivity index (χ4n) is 5.01. The van der Waals surface area contributed by atoms with Crippen molar-refractivity contribution >= 4 is 32.4 Å². The lowest BCUT2D eigenvalue weighted by Crippen LogP contribution is -2.54. The molecule has 1 unspecified atom stereocenters. The van der Waals surface area contributed by atoms with Crippen molar-refractivity contribution in [2.45, 2.75) is 23.8 Å². The van der Waals surface area contributed by atoms with E-state index in [0.717, 1.165) is 22.2 Å². The van der Waals surface area contributed by atoms with Crippen LogP contribution in [0.2, 0.25) is 0 Å². The Hall–Kier alpha value is -3.10. The highest BCUT2D eigenvalue weighted by atomic mass is 32.2. The molecular formula is C26H29N3O4S. The molecule has 0 spiro atoms. The molecule has 2 aliphatic heterocycles. The van der Waals surface area contributed by atoms with Crippen molar-refractivity contribution in [3.63, 3.8) is 0 Å². The third kappa shape index (κ3) is 4.12. The number of para-hydroxylation sites is 2. The highest BCUT2D eigenvalue weighted by molar-refractivity contribution is 7.89. The van der Waals surface area contributed by atoms with Gasteiger partial charge in [0.2, 0.25) is 15.9 Å². The number of rotatable bonds is 5. The van der Waals surface area contributed by atoms with Crippen molar-refractivity contribution in [3.8, 4) is 5.75 Å². The summed E-state index contributed by atoms with van der Waals surface area (Å²) >= 11 is 0. The van der Waals surface area contributed by atoms with Crippen molar-refractivity contribution in [3.05, 3.63) is 66.7 Å². The number of ether oxygens (including phenoxy) is 1. The second-order valence-electron chi connectivity index (χ2n) is 8.77. The van der Waals surface area contributed by atoms with E-state index in [-0.39, 0.29) is 10.8 Å². The van der Waals surface area contributed by atoms with Gasteiger partial charge < -0.3 is 14.5 Å². The molecule has 2 saturated heterocycles. The van der Waals surface area contributed by atoms with E-state index in [2.05, 4.69) is 4.90 Å². The lowest BCUT2D eigenvalue weighted by Gasteiger charge is -2.38. The largest absolute Gasteiger partial charge is 0.495 e. The molecule has 0 bridgehead atoms. The number of anilines is 1. The molecule has 3 aromatic rings. The van der Waals surface area contributed by atoms with Gasteiger partial charge in [-0.25, -0.2) is 8.42 Å². The van der Waals surface area contributed by atoms with Gasteiger partial charge in [0.1, 0.15) is 11.8 Å². The molecule has 2 aliphatic rings. The molecule has 0 radical (unpaired) electrons. The third-order valence-corrected chi connectivity index (χ3v) is 8.74. The molecule has 2 heterocycles. The first-order chi connectivity index (χ1) is 16.5. The smallest absolute Gasteiger partial charge is 0.243 e. The molecule has 1 atom stereocenters. The van der Waals surface area contributed by atoms with Gasteiger partial charge in [-0.2, -0.15) is 4.31 Å². The van der Waals surface area contributed by atoms with Gasteiger partial charge in [0.15, 0.2) is 0 Å². The lowest BCUT2D eigenvalue weighted by molar-refractivity contribution is -0.134. The average molecular weight is 480 g/mol. The second kappa shape index (κ2) is 9.27. The van der Waals surface area contributed by atoms with Gasteiger partial charge in [-0.3, -0.25) is 4.79 Å². The molecule has 7 nitrogen and oxygen atoms in total. The van der Waals surface area contributed by atoms with E-state index in [0.29, 0.717) is 45.6 Å². The first-order valence-electron chi connectivity index (χ1n) is 11.7. The Morgan fingerprint density at radius 3 is 2.35 bits per heavy atom. The minimum atomic E-state index is -3.77. The average Bonchev–Trinajstić information content (AvgIpc) is 3.39. The van der Waals surface area contributed by atoms with Crippen LogP contribution in [0, 0.1) is 0 Å². The summed E-state index contributed by atoms with van der Waals surface area (Å²) in [5, 5.41) is 1.86. The highest BCUT2D eigenvalue weighted by Gasteiger charge is 2.41. The third-order valence-electron chi connectivity index (χ3n) is 6.83. The predicted molar refractivity (Wildman–Crippen MR) is 133 cm³/mol. The molecule has 5 rings (SSSR count). The van der Waals surface area contributed by atoms with Gasteiger partial charge in [0.25, 0.3) is 0 Å². The maximum absolute atomic E-state index is 13.5. The monoisotopic (exact) mass is 479 g/mol. The normalized spacial score (nSPS) is 19.5. The van der Waals surface area contributed by atoms with Crippen LogP contribution in [-0.4, -0.2) is 69.4 Å². The zero-order valence-electron chi connectivity index (χ0n) is 19.3. The second-order valence-corrected chi connectivity index (χ2v) is 10.7. The van der Waals surface area contributed by atoms with Crippen molar-refractivity contribution in [2.75, 3.05) is 44.7 Å². The van der Waals surface area contributed by atoms with Gasteiger partial charge >= 0.3 is 0 Å². The van der Waals surface area contributed by atoms with Crippen LogP contribution in [0.1, 0.15) is 12.8 Å². The molecule has 178 valence electrons. The number of hydrogen-bond acceptors (Lipinski definition) is 5. The van der Waals surface area contributed by atoms with Crippen molar-refractivity contribution in [1.82, 2.24) is 9.21 Å². The summed E-state index contributed by atoms with van der Waals surface area (Å²) < 4.78 is 33.9. The number of fused-ring (bicyclic) bond motifs is 1.